The van der Waals surface area contributed by atoms with Gasteiger partial charge in [-0.05, 0) is 50.1 Å². The number of nitrogens with two attached hydrogens (primary N) is 1. The molecule has 0 spiro atoms. The van der Waals surface area contributed by atoms with Gasteiger partial charge in [-0.1, -0.05) is 11.6 Å². The summed E-state index contributed by atoms with van der Waals surface area (Å²) in [6.45, 7) is 5.04. The highest BCUT2D eigenvalue weighted by Crippen LogP contribution is 2.20. The fraction of sp³-hybridized carbons (Fsp3) is 0.500. The van der Waals surface area contributed by atoms with Gasteiger partial charge < -0.3 is 11.1 Å². The standard InChI is InChI=1S/C12H18ClFN2/c1-8-5-11(13)10(6-12(8)14)7-16-4-3-9(2)15/h5-6,9,16H,3-4,7,15H2,1-2H3. The molecule has 16 heavy (non-hydrogen) atoms. The van der Waals surface area contributed by atoms with Crippen molar-refractivity contribution < 1.29 is 4.39 Å². The van der Waals surface area contributed by atoms with Crippen molar-refractivity contribution in [3.8, 4) is 0 Å². The van der Waals surface area contributed by atoms with E-state index in [0.717, 1.165) is 18.5 Å². The van der Waals surface area contributed by atoms with Gasteiger partial charge in [0.05, 0.1) is 0 Å². The van der Waals surface area contributed by atoms with Crippen LogP contribution in [0.15, 0.2) is 12.1 Å². The molecular weight excluding hydrogens is 227 g/mol. The predicted octanol–water partition coefficient (Wildman–Crippen LogP) is 2.61. The summed E-state index contributed by atoms with van der Waals surface area (Å²) in [5.41, 5.74) is 6.98. The van der Waals surface area contributed by atoms with E-state index in [2.05, 4.69) is 5.32 Å². The van der Waals surface area contributed by atoms with E-state index in [-0.39, 0.29) is 11.9 Å². The lowest BCUT2D eigenvalue weighted by atomic mass is 10.1. The van der Waals surface area contributed by atoms with Gasteiger partial charge in [0, 0.05) is 17.6 Å². The second-order valence-electron chi connectivity index (χ2n) is 4.14. The molecule has 3 N–H and O–H groups in total. The monoisotopic (exact) mass is 244 g/mol. The lowest BCUT2D eigenvalue weighted by Crippen LogP contribution is -2.23. The molecule has 0 bridgehead atoms. The molecule has 1 atom stereocenters. The summed E-state index contributed by atoms with van der Waals surface area (Å²) in [5.74, 6) is -0.214. The normalized spacial score (nSPS) is 12.8. The molecule has 0 saturated heterocycles. The van der Waals surface area contributed by atoms with Gasteiger partial charge in [0.1, 0.15) is 5.82 Å². The van der Waals surface area contributed by atoms with Crippen molar-refractivity contribution in [1.29, 1.82) is 0 Å². The number of rotatable bonds is 5. The van der Waals surface area contributed by atoms with E-state index in [1.807, 2.05) is 6.92 Å². The molecule has 4 heteroatoms. The smallest absolute Gasteiger partial charge is 0.126 e. The molecule has 1 aromatic carbocycles. The Morgan fingerprint density at radius 2 is 2.19 bits per heavy atom. The van der Waals surface area contributed by atoms with E-state index in [0.29, 0.717) is 17.1 Å². The van der Waals surface area contributed by atoms with E-state index >= 15 is 0 Å². The lowest BCUT2D eigenvalue weighted by molar-refractivity contribution is 0.583. The Labute approximate surface area is 101 Å². The molecule has 1 aromatic rings. The van der Waals surface area contributed by atoms with Crippen LogP contribution in [0.4, 0.5) is 4.39 Å². The van der Waals surface area contributed by atoms with Crippen LogP contribution < -0.4 is 11.1 Å². The Kier molecular flexibility index (Phi) is 5.19. The van der Waals surface area contributed by atoms with Crippen LogP contribution in [0.1, 0.15) is 24.5 Å². The van der Waals surface area contributed by atoms with Crippen LogP contribution in [0.5, 0.6) is 0 Å². The van der Waals surface area contributed by atoms with Crippen molar-refractivity contribution in [2.24, 2.45) is 5.73 Å². The molecule has 0 aliphatic heterocycles. The van der Waals surface area contributed by atoms with Crippen molar-refractivity contribution in [1.82, 2.24) is 5.32 Å². The van der Waals surface area contributed by atoms with Gasteiger partial charge >= 0.3 is 0 Å². The predicted molar refractivity (Wildman–Crippen MR) is 66.1 cm³/mol. The zero-order chi connectivity index (χ0) is 12.1. The van der Waals surface area contributed by atoms with Crippen LogP contribution in [-0.2, 0) is 6.54 Å². The quantitative estimate of drug-likeness (QED) is 0.782. The average Bonchev–Trinajstić information content (AvgIpc) is 2.19. The van der Waals surface area contributed by atoms with Crippen molar-refractivity contribution in [2.45, 2.75) is 32.9 Å². The summed E-state index contributed by atoms with van der Waals surface area (Å²) in [5, 5.41) is 3.79. The second kappa shape index (κ2) is 6.18. The van der Waals surface area contributed by atoms with Crippen LogP contribution in [-0.4, -0.2) is 12.6 Å². The minimum Gasteiger partial charge on any atom is -0.328 e. The molecule has 1 unspecified atom stereocenters. The van der Waals surface area contributed by atoms with Crippen LogP contribution in [0.3, 0.4) is 0 Å². The van der Waals surface area contributed by atoms with Gasteiger partial charge in [0.25, 0.3) is 0 Å². The van der Waals surface area contributed by atoms with Crippen LogP contribution in [0.25, 0.3) is 0 Å². The zero-order valence-electron chi connectivity index (χ0n) is 9.69. The number of hydrogen-bond donors (Lipinski definition) is 2. The van der Waals surface area contributed by atoms with Crippen LogP contribution in [0.2, 0.25) is 5.02 Å². The minimum absolute atomic E-state index is 0.178. The topological polar surface area (TPSA) is 38.0 Å². The van der Waals surface area contributed by atoms with E-state index < -0.39 is 0 Å². The third-order valence-corrected chi connectivity index (χ3v) is 2.77. The third-order valence-electron chi connectivity index (χ3n) is 2.42. The summed E-state index contributed by atoms with van der Waals surface area (Å²) in [6, 6.07) is 3.31. The molecule has 0 amide bonds. The molecule has 0 fully saturated rings. The van der Waals surface area contributed by atoms with Gasteiger partial charge in [-0.25, -0.2) is 4.39 Å². The second-order valence-corrected chi connectivity index (χ2v) is 4.54. The number of nitrogens with one attached hydrogen (secondary N) is 1. The highest BCUT2D eigenvalue weighted by molar-refractivity contribution is 6.31. The van der Waals surface area contributed by atoms with E-state index in [1.54, 1.807) is 13.0 Å². The van der Waals surface area contributed by atoms with E-state index in [1.165, 1.54) is 6.07 Å². The van der Waals surface area contributed by atoms with Crippen LogP contribution in [0, 0.1) is 12.7 Å². The van der Waals surface area contributed by atoms with Crippen LogP contribution >= 0.6 is 11.6 Å². The lowest BCUT2D eigenvalue weighted by Gasteiger charge is -2.09. The molecule has 0 radical (unpaired) electrons. The number of aryl methyl sites for hydroxylation is 1. The van der Waals surface area contributed by atoms with E-state index in [9.17, 15) is 4.39 Å². The Morgan fingerprint density at radius 1 is 1.50 bits per heavy atom. The molecule has 2 nitrogen and oxygen atoms in total. The first kappa shape index (κ1) is 13.4. The van der Waals surface area contributed by atoms with Crippen molar-refractivity contribution in [2.75, 3.05) is 6.54 Å². The molecule has 0 saturated carbocycles. The first-order valence-corrected chi connectivity index (χ1v) is 5.79. The molecule has 90 valence electrons. The summed E-state index contributed by atoms with van der Waals surface area (Å²) in [6.07, 6.45) is 0.895. The van der Waals surface area contributed by atoms with Crippen molar-refractivity contribution in [3.63, 3.8) is 0 Å². The Bertz CT molecular complexity index is 353. The van der Waals surface area contributed by atoms with Gasteiger partial charge in [-0.15, -0.1) is 0 Å². The van der Waals surface area contributed by atoms with E-state index in [4.69, 9.17) is 17.3 Å². The molecule has 1 rings (SSSR count). The fourth-order valence-electron chi connectivity index (χ4n) is 1.38. The van der Waals surface area contributed by atoms with Crippen molar-refractivity contribution >= 4 is 11.6 Å². The first-order valence-electron chi connectivity index (χ1n) is 5.41. The van der Waals surface area contributed by atoms with Gasteiger partial charge in [0.15, 0.2) is 0 Å². The highest BCUT2D eigenvalue weighted by atomic mass is 35.5. The Morgan fingerprint density at radius 3 is 2.81 bits per heavy atom. The highest BCUT2D eigenvalue weighted by Gasteiger charge is 2.05. The molecule has 0 aromatic heterocycles. The number of hydrogen-bond acceptors (Lipinski definition) is 2. The Hall–Kier alpha value is -0.640. The number of benzene rings is 1. The largest absolute Gasteiger partial charge is 0.328 e. The fourth-order valence-corrected chi connectivity index (χ4v) is 1.66. The third kappa shape index (κ3) is 4.08. The summed E-state index contributed by atoms with van der Waals surface area (Å²) in [4.78, 5) is 0. The maximum absolute atomic E-state index is 13.3. The van der Waals surface area contributed by atoms with Gasteiger partial charge in [-0.3, -0.25) is 0 Å². The Balaban J connectivity index is 2.51. The SMILES string of the molecule is Cc1cc(Cl)c(CNCCC(C)N)cc1F. The summed E-state index contributed by atoms with van der Waals surface area (Å²) in [7, 11) is 0. The maximum atomic E-state index is 13.3. The molecule has 0 heterocycles. The molecule has 0 aliphatic carbocycles. The molecular formula is C12H18ClFN2. The van der Waals surface area contributed by atoms with Gasteiger partial charge in [0.2, 0.25) is 0 Å². The minimum atomic E-state index is -0.214. The average molecular weight is 245 g/mol. The first-order chi connectivity index (χ1) is 7.50. The maximum Gasteiger partial charge on any atom is 0.126 e. The van der Waals surface area contributed by atoms with Gasteiger partial charge in [-0.2, -0.15) is 0 Å². The molecule has 0 aliphatic rings. The summed E-state index contributed by atoms with van der Waals surface area (Å²) >= 11 is 6.01. The number of halogens is 2. The zero-order valence-corrected chi connectivity index (χ0v) is 10.4. The van der Waals surface area contributed by atoms with Crippen molar-refractivity contribution in [3.05, 3.63) is 34.1 Å². The summed E-state index contributed by atoms with van der Waals surface area (Å²) < 4.78 is 13.3.